The monoisotopic (exact) mass is 610 g/mol. The molecule has 0 saturated carbocycles. The van der Waals surface area contributed by atoms with Gasteiger partial charge >= 0.3 is 0 Å². The normalized spacial score (nSPS) is 14.5. The summed E-state index contributed by atoms with van der Waals surface area (Å²) in [4.78, 5) is 19.6. The van der Waals surface area contributed by atoms with E-state index >= 15 is 0 Å². The van der Waals surface area contributed by atoms with Gasteiger partial charge in [0.05, 0.1) is 29.0 Å². The number of pyridine rings is 2. The molecular formula is C32H31FN8O2S. The van der Waals surface area contributed by atoms with Gasteiger partial charge in [0.2, 0.25) is 10.0 Å². The second-order valence-electron chi connectivity index (χ2n) is 11.4. The second-order valence-corrected chi connectivity index (χ2v) is 13.2. The molecule has 1 aliphatic heterocycles. The van der Waals surface area contributed by atoms with E-state index in [0.717, 1.165) is 47.9 Å². The highest BCUT2D eigenvalue weighted by atomic mass is 32.2. The van der Waals surface area contributed by atoms with Crippen molar-refractivity contribution < 1.29 is 12.8 Å². The number of halogens is 1. The average Bonchev–Trinajstić information content (AvgIpc) is 3.64. The molecule has 1 fully saturated rings. The van der Waals surface area contributed by atoms with Crippen molar-refractivity contribution in [1.29, 1.82) is 0 Å². The van der Waals surface area contributed by atoms with Crippen molar-refractivity contribution >= 4 is 32.0 Å². The largest absolute Gasteiger partial charge is 0.335 e. The second kappa shape index (κ2) is 11.5. The fraction of sp³-hybridized carbons (Fsp3) is 0.250. The molecule has 7 rings (SSSR count). The molecule has 0 aliphatic carbocycles. The van der Waals surface area contributed by atoms with E-state index in [4.69, 9.17) is 4.98 Å². The molecule has 0 radical (unpaired) electrons. The average molecular weight is 611 g/mol. The third kappa shape index (κ3) is 5.96. The van der Waals surface area contributed by atoms with Gasteiger partial charge in [-0.1, -0.05) is 12.5 Å². The zero-order valence-corrected chi connectivity index (χ0v) is 25.0. The summed E-state index contributed by atoms with van der Waals surface area (Å²) in [6.07, 6.45) is 12.0. The summed E-state index contributed by atoms with van der Waals surface area (Å²) in [5.74, 6) is 0.0610. The highest BCUT2D eigenvalue weighted by Crippen LogP contribution is 2.33. The Bertz CT molecular complexity index is 2100. The minimum Gasteiger partial charge on any atom is -0.335 e. The van der Waals surface area contributed by atoms with Crippen LogP contribution in [0, 0.1) is 5.82 Å². The predicted molar refractivity (Wildman–Crippen MR) is 168 cm³/mol. The van der Waals surface area contributed by atoms with Crippen LogP contribution < -0.4 is 4.72 Å². The molecule has 6 aromatic rings. The van der Waals surface area contributed by atoms with Crippen molar-refractivity contribution in [2.45, 2.75) is 32.4 Å². The Morgan fingerprint density at radius 1 is 0.886 bits per heavy atom. The minimum absolute atomic E-state index is 0.0307. The standard InChI is InChI=1S/C32H31FN8O2S/c1-44(42,43)36-15-20-9-23(12-25(33)11-20)27-17-35-18-29-30(27)38-32(37-29)31-26-13-22(5-6-28(26)39-40-31)24-10-21(14-34-16-24)19-41-7-3-2-4-8-41/h5-6,9-14,16-18,36H,2-4,7-8,15,19H2,1H3,(H,37,38)(H,39,40). The first kappa shape index (κ1) is 28.3. The molecule has 0 amide bonds. The van der Waals surface area contributed by atoms with Crippen LogP contribution in [0.3, 0.4) is 0 Å². The molecule has 1 saturated heterocycles. The van der Waals surface area contributed by atoms with E-state index in [1.54, 1.807) is 18.5 Å². The third-order valence-corrected chi connectivity index (χ3v) is 8.64. The molecule has 1 aliphatic rings. The van der Waals surface area contributed by atoms with Crippen LogP contribution in [0.4, 0.5) is 4.39 Å². The van der Waals surface area contributed by atoms with Crippen LogP contribution in [0.15, 0.2) is 67.3 Å². The number of benzene rings is 2. The van der Waals surface area contributed by atoms with E-state index in [0.29, 0.717) is 39.2 Å². The molecule has 224 valence electrons. The first-order chi connectivity index (χ1) is 21.3. The van der Waals surface area contributed by atoms with Crippen molar-refractivity contribution in [2.75, 3.05) is 19.3 Å². The van der Waals surface area contributed by atoms with Gasteiger partial charge in [0, 0.05) is 48.2 Å². The van der Waals surface area contributed by atoms with Crippen LogP contribution in [-0.4, -0.2) is 62.8 Å². The number of fused-ring (bicyclic) bond motifs is 2. The Morgan fingerprint density at radius 3 is 2.55 bits per heavy atom. The van der Waals surface area contributed by atoms with Crippen molar-refractivity contribution in [3.63, 3.8) is 0 Å². The highest BCUT2D eigenvalue weighted by Gasteiger charge is 2.18. The number of nitrogens with one attached hydrogen (secondary N) is 3. The summed E-state index contributed by atoms with van der Waals surface area (Å²) in [6.45, 7) is 3.13. The van der Waals surface area contributed by atoms with Gasteiger partial charge in [-0.2, -0.15) is 5.10 Å². The van der Waals surface area contributed by atoms with Gasteiger partial charge in [-0.15, -0.1) is 0 Å². The van der Waals surface area contributed by atoms with E-state index in [2.05, 4.69) is 53.0 Å². The van der Waals surface area contributed by atoms with Crippen molar-refractivity contribution in [2.24, 2.45) is 0 Å². The van der Waals surface area contributed by atoms with Crippen molar-refractivity contribution in [3.8, 4) is 33.8 Å². The number of piperidine rings is 1. The van der Waals surface area contributed by atoms with E-state index in [-0.39, 0.29) is 6.54 Å². The summed E-state index contributed by atoms with van der Waals surface area (Å²) in [5, 5.41) is 8.59. The van der Waals surface area contributed by atoms with Crippen molar-refractivity contribution in [3.05, 3.63) is 84.2 Å². The smallest absolute Gasteiger partial charge is 0.209 e. The zero-order chi connectivity index (χ0) is 30.3. The lowest BCUT2D eigenvalue weighted by molar-refractivity contribution is 0.220. The number of aromatic nitrogens is 6. The van der Waals surface area contributed by atoms with Gasteiger partial charge < -0.3 is 4.98 Å². The number of imidazole rings is 1. The number of rotatable bonds is 8. The van der Waals surface area contributed by atoms with Gasteiger partial charge in [0.15, 0.2) is 5.82 Å². The fourth-order valence-electron chi connectivity index (χ4n) is 5.86. The fourth-order valence-corrected chi connectivity index (χ4v) is 6.29. The summed E-state index contributed by atoms with van der Waals surface area (Å²) >= 11 is 0. The molecule has 12 heteroatoms. The van der Waals surface area contributed by atoms with Crippen LogP contribution in [0.2, 0.25) is 0 Å². The van der Waals surface area contributed by atoms with Crippen LogP contribution in [0.1, 0.15) is 30.4 Å². The zero-order valence-electron chi connectivity index (χ0n) is 24.1. The number of hydrogen-bond donors (Lipinski definition) is 3. The van der Waals surface area contributed by atoms with Crippen LogP contribution >= 0.6 is 0 Å². The third-order valence-electron chi connectivity index (χ3n) is 7.97. The SMILES string of the molecule is CS(=O)(=O)NCc1cc(F)cc(-c2cncc3[nH]c(-c4n[nH]c5ccc(-c6cncc(CN7CCCCC7)c6)cc45)nc23)c1. The molecule has 4 aromatic heterocycles. The van der Waals surface area contributed by atoms with Gasteiger partial charge in [-0.25, -0.2) is 22.5 Å². The molecule has 0 atom stereocenters. The highest BCUT2D eigenvalue weighted by molar-refractivity contribution is 7.88. The molecule has 2 aromatic carbocycles. The number of aromatic amines is 2. The minimum atomic E-state index is -3.43. The van der Waals surface area contributed by atoms with Crippen LogP contribution in [0.5, 0.6) is 0 Å². The molecule has 0 spiro atoms. The van der Waals surface area contributed by atoms with Gasteiger partial charge in [-0.3, -0.25) is 20.0 Å². The molecule has 5 heterocycles. The molecule has 3 N–H and O–H groups in total. The number of nitrogens with zero attached hydrogens (tertiary/aromatic N) is 5. The molecule has 0 bridgehead atoms. The maximum Gasteiger partial charge on any atom is 0.209 e. The van der Waals surface area contributed by atoms with Crippen LogP contribution in [-0.2, 0) is 23.1 Å². The molecule has 0 unspecified atom stereocenters. The Labute approximate surface area is 253 Å². The number of likely N-dealkylation sites (tertiary alicyclic amines) is 1. The van der Waals surface area contributed by atoms with E-state index < -0.39 is 15.8 Å². The lowest BCUT2D eigenvalue weighted by Crippen LogP contribution is -2.29. The molecule has 10 nitrogen and oxygen atoms in total. The number of H-pyrrole nitrogens is 2. The first-order valence-corrected chi connectivity index (χ1v) is 16.4. The Hall–Kier alpha value is -4.52. The maximum absolute atomic E-state index is 14.6. The predicted octanol–water partition coefficient (Wildman–Crippen LogP) is 5.40. The Morgan fingerprint density at radius 2 is 1.70 bits per heavy atom. The quantitative estimate of drug-likeness (QED) is 0.210. The van der Waals surface area contributed by atoms with E-state index in [1.807, 2.05) is 18.5 Å². The van der Waals surface area contributed by atoms with Gasteiger partial charge in [-0.05, 0) is 84.6 Å². The van der Waals surface area contributed by atoms with Crippen molar-refractivity contribution in [1.82, 2.24) is 39.8 Å². The lowest BCUT2D eigenvalue weighted by atomic mass is 10.0. The summed E-state index contributed by atoms with van der Waals surface area (Å²) in [5.41, 5.74) is 7.69. The topological polar surface area (TPSA) is 133 Å². The summed E-state index contributed by atoms with van der Waals surface area (Å²) in [7, 11) is -3.43. The lowest BCUT2D eigenvalue weighted by Gasteiger charge is -2.26. The first-order valence-electron chi connectivity index (χ1n) is 14.5. The Kier molecular flexibility index (Phi) is 7.40. The van der Waals surface area contributed by atoms with Gasteiger partial charge in [0.25, 0.3) is 0 Å². The maximum atomic E-state index is 14.6. The van der Waals surface area contributed by atoms with Gasteiger partial charge in [0.1, 0.15) is 11.5 Å². The summed E-state index contributed by atoms with van der Waals surface area (Å²) < 4.78 is 40.2. The Balaban J connectivity index is 1.23. The van der Waals surface area contributed by atoms with E-state index in [1.165, 1.54) is 37.0 Å². The molecular weight excluding hydrogens is 579 g/mol. The number of hydrogen-bond acceptors (Lipinski definition) is 7. The molecule has 44 heavy (non-hydrogen) atoms. The number of sulfonamides is 1. The summed E-state index contributed by atoms with van der Waals surface area (Å²) in [6, 6.07) is 12.8. The van der Waals surface area contributed by atoms with E-state index in [9.17, 15) is 12.8 Å². The van der Waals surface area contributed by atoms with Crippen LogP contribution in [0.25, 0.3) is 55.7 Å².